The lowest BCUT2D eigenvalue weighted by Gasteiger charge is -2.52. The topological polar surface area (TPSA) is 190 Å². The predicted molar refractivity (Wildman–Crippen MR) is 229 cm³/mol. The van der Waals surface area contributed by atoms with Crippen LogP contribution in [0.1, 0.15) is 100 Å². The van der Waals surface area contributed by atoms with Crippen molar-refractivity contribution in [2.75, 3.05) is 20.8 Å². The standard InChI is InChI=1S/C48H74O15/c1-11-24(2)43-28(6)35(49)22-47(63-43)21-33-18-32(62-47)16-15-26(4)42(25(3)13-12-14-31-23-56-45-40(50)27(5)17-34(46(52)59-33)48(31,45)53)60-39-20-37(55-10)44(30(8)58-39)61-38-19-36(54-9)41(51)29(7)57-38/h12-15,17,24-25,28-30,32-45,49-51,53H,11,16,18-23H2,1-10H3/b13-12+,26-15+,31-14+/t24-,25-,28-,29-,30-,32+,33-,34-,35-,36-,37-,38-,39+,40+,41-,42+,43+,44?,45+,47-,48+/m0/s1. The SMILES string of the molecule is CC[C@H](C)[C@H]1O[C@@]2(C[C@@H]3C[C@@H](C/C=C(\C)[C@H](O[C@@H]4C[C@H](OC)C(O[C@H]5C[C@H](OC)[C@@H](O)[C@H](C)O5)[C@H](C)O4)[C@@H](C)/C=C/C=C4\CO[C@@H]5[C@H](O)C(C)=C[C@@H](C(=O)O3)[C@]45O)O2)C[C@H](O)[C@@H]1C. The molecule has 0 radical (unpaired) electrons. The average Bonchev–Trinajstić information content (AvgIpc) is 3.59. The van der Waals surface area contributed by atoms with Crippen molar-refractivity contribution in [1.29, 1.82) is 0 Å². The largest absolute Gasteiger partial charge is 0.462 e. The summed E-state index contributed by atoms with van der Waals surface area (Å²) in [6.45, 7) is 15.7. The number of methoxy groups -OCH3 is 2. The van der Waals surface area contributed by atoms with E-state index in [1.165, 1.54) is 0 Å². The van der Waals surface area contributed by atoms with Gasteiger partial charge in [-0.25, -0.2) is 0 Å². The number of ether oxygens (including phenoxy) is 10. The maximum Gasteiger partial charge on any atom is 0.316 e. The van der Waals surface area contributed by atoms with Crippen molar-refractivity contribution in [3.8, 4) is 0 Å². The van der Waals surface area contributed by atoms with Gasteiger partial charge >= 0.3 is 5.97 Å². The molecule has 4 N–H and O–H groups in total. The Morgan fingerprint density at radius 3 is 2.30 bits per heavy atom. The molecule has 6 heterocycles. The van der Waals surface area contributed by atoms with Crippen molar-refractivity contribution >= 4 is 5.97 Å². The Hall–Kier alpha value is -2.09. The van der Waals surface area contributed by atoms with Crippen LogP contribution in [0.25, 0.3) is 0 Å². The molecule has 15 heteroatoms. The molecular weight excluding hydrogens is 817 g/mol. The van der Waals surface area contributed by atoms with Crippen molar-refractivity contribution in [1.82, 2.24) is 0 Å². The highest BCUT2D eigenvalue weighted by Crippen LogP contribution is 2.48. The van der Waals surface area contributed by atoms with Crippen molar-refractivity contribution in [3.05, 3.63) is 47.1 Å². The van der Waals surface area contributed by atoms with Crippen molar-refractivity contribution < 1.29 is 72.6 Å². The predicted octanol–water partition coefficient (Wildman–Crippen LogP) is 4.57. The molecular formula is C48H74O15. The zero-order chi connectivity index (χ0) is 45.5. The maximum absolute atomic E-state index is 14.4. The van der Waals surface area contributed by atoms with Crippen molar-refractivity contribution in [3.63, 3.8) is 0 Å². The average molecular weight is 891 g/mol. The first-order chi connectivity index (χ1) is 29.9. The number of fused-ring (bicyclic) bond motifs is 2. The van der Waals surface area contributed by atoms with Crippen LogP contribution >= 0.6 is 0 Å². The van der Waals surface area contributed by atoms with Gasteiger partial charge in [-0.1, -0.05) is 64.5 Å². The normalized spacial score (nSPS) is 50.0. The molecule has 0 aromatic carbocycles. The van der Waals surface area contributed by atoms with E-state index in [1.54, 1.807) is 40.2 Å². The lowest BCUT2D eigenvalue weighted by molar-refractivity contribution is -0.354. The smallest absolute Gasteiger partial charge is 0.316 e. The van der Waals surface area contributed by atoms with Gasteiger partial charge in [0.05, 0.1) is 55.4 Å². The zero-order valence-electron chi connectivity index (χ0n) is 38.8. The molecule has 0 aromatic heterocycles. The third-order valence-electron chi connectivity index (χ3n) is 15.0. The fraction of sp³-hybridized carbons (Fsp3) is 0.812. The highest BCUT2D eigenvalue weighted by Gasteiger charge is 2.60. The summed E-state index contributed by atoms with van der Waals surface area (Å²) in [5, 5.41) is 45.7. The Morgan fingerprint density at radius 2 is 1.59 bits per heavy atom. The van der Waals surface area contributed by atoms with Gasteiger partial charge < -0.3 is 67.8 Å². The van der Waals surface area contributed by atoms with Gasteiger partial charge in [-0.3, -0.25) is 4.79 Å². The van der Waals surface area contributed by atoms with Crippen molar-refractivity contribution in [2.45, 2.75) is 204 Å². The molecule has 0 saturated carbocycles. The van der Waals surface area contributed by atoms with Gasteiger partial charge in [-0.2, -0.15) is 0 Å². The van der Waals surface area contributed by atoms with E-state index in [9.17, 15) is 25.2 Å². The molecule has 15 nitrogen and oxygen atoms in total. The number of aliphatic hydroxyl groups is 4. The van der Waals surface area contributed by atoms with Gasteiger partial charge in [-0.05, 0) is 56.8 Å². The van der Waals surface area contributed by atoms with Crippen LogP contribution in [0, 0.1) is 23.7 Å². The molecule has 0 amide bonds. The Morgan fingerprint density at radius 1 is 0.889 bits per heavy atom. The second kappa shape index (κ2) is 20.0. The monoisotopic (exact) mass is 891 g/mol. The Bertz CT molecular complexity index is 1710. The summed E-state index contributed by atoms with van der Waals surface area (Å²) < 4.78 is 63.6. The number of hydrogen-bond acceptors (Lipinski definition) is 15. The third kappa shape index (κ3) is 9.98. The van der Waals surface area contributed by atoms with Crippen LogP contribution in [0.15, 0.2) is 47.1 Å². The van der Waals surface area contributed by atoms with Crippen molar-refractivity contribution in [2.24, 2.45) is 23.7 Å². The van der Waals surface area contributed by atoms with Crippen LogP contribution in [-0.4, -0.2) is 151 Å². The summed E-state index contributed by atoms with van der Waals surface area (Å²) in [6, 6.07) is 0. The Labute approximate surface area is 373 Å². The molecule has 356 valence electrons. The molecule has 5 saturated heterocycles. The third-order valence-corrected chi connectivity index (χ3v) is 15.0. The Balaban J connectivity index is 1.19. The first kappa shape index (κ1) is 48.8. The number of aliphatic hydroxyl groups excluding tert-OH is 3. The molecule has 1 unspecified atom stereocenters. The second-order valence-corrected chi connectivity index (χ2v) is 19.5. The van der Waals surface area contributed by atoms with E-state index in [2.05, 4.69) is 19.9 Å². The van der Waals surface area contributed by atoms with Gasteiger partial charge in [-0.15, -0.1) is 0 Å². The molecule has 7 aliphatic rings. The highest BCUT2D eigenvalue weighted by molar-refractivity contribution is 5.78. The number of rotatable bonds is 8. The van der Waals surface area contributed by atoms with Crippen LogP contribution in [0.5, 0.6) is 0 Å². The molecule has 2 bridgehead atoms. The van der Waals surface area contributed by atoms with Crippen LogP contribution in [0.2, 0.25) is 0 Å². The van der Waals surface area contributed by atoms with Gasteiger partial charge in [0.1, 0.15) is 42.0 Å². The lowest BCUT2D eigenvalue weighted by Crippen LogP contribution is -2.60. The highest BCUT2D eigenvalue weighted by atomic mass is 16.7. The van der Waals surface area contributed by atoms with Gasteiger partial charge in [0.15, 0.2) is 18.4 Å². The molecule has 6 aliphatic heterocycles. The molecule has 5 fully saturated rings. The summed E-state index contributed by atoms with van der Waals surface area (Å²) >= 11 is 0. The fourth-order valence-corrected chi connectivity index (χ4v) is 11.0. The van der Waals surface area contributed by atoms with E-state index in [-0.39, 0.29) is 43.3 Å². The number of carbonyl (C=O) groups excluding carboxylic acids is 1. The van der Waals surface area contributed by atoms with E-state index in [1.807, 2.05) is 39.8 Å². The molecule has 21 atom stereocenters. The Kier molecular flexibility index (Phi) is 15.5. The van der Waals surface area contributed by atoms with Gasteiger partial charge in [0, 0.05) is 58.2 Å². The van der Waals surface area contributed by atoms with E-state index in [4.69, 9.17) is 47.4 Å². The maximum atomic E-state index is 14.4. The number of allylic oxidation sites excluding steroid dienone is 2. The summed E-state index contributed by atoms with van der Waals surface area (Å²) in [5.74, 6) is -3.19. The fourth-order valence-electron chi connectivity index (χ4n) is 11.0. The van der Waals surface area contributed by atoms with E-state index in [0.29, 0.717) is 36.8 Å². The van der Waals surface area contributed by atoms with Crippen LogP contribution in [0.4, 0.5) is 0 Å². The van der Waals surface area contributed by atoms with Crippen LogP contribution in [-0.2, 0) is 52.2 Å². The summed E-state index contributed by atoms with van der Waals surface area (Å²) in [4.78, 5) is 14.4. The molecule has 0 aromatic rings. The first-order valence-corrected chi connectivity index (χ1v) is 23.3. The lowest BCUT2D eigenvalue weighted by atomic mass is 9.71. The van der Waals surface area contributed by atoms with Crippen LogP contribution < -0.4 is 0 Å². The zero-order valence-corrected chi connectivity index (χ0v) is 38.8. The minimum Gasteiger partial charge on any atom is -0.462 e. The molecule has 7 rings (SSSR count). The van der Waals surface area contributed by atoms with E-state index < -0.39 is 109 Å². The number of carbonyl (C=O) groups is 1. The minimum atomic E-state index is -1.87. The quantitative estimate of drug-likeness (QED) is 0.196. The second-order valence-electron chi connectivity index (χ2n) is 19.5. The molecule has 1 spiro atoms. The molecule has 1 aliphatic carbocycles. The number of hydrogen-bond donors (Lipinski definition) is 4. The van der Waals surface area contributed by atoms with Gasteiger partial charge in [0.25, 0.3) is 0 Å². The van der Waals surface area contributed by atoms with Crippen LogP contribution in [0.3, 0.4) is 0 Å². The minimum absolute atomic E-state index is 0.0109. The molecule has 63 heavy (non-hydrogen) atoms. The summed E-state index contributed by atoms with van der Waals surface area (Å²) in [7, 11) is 3.20. The summed E-state index contributed by atoms with van der Waals surface area (Å²) in [5.41, 5.74) is 0.0234. The first-order valence-electron chi connectivity index (χ1n) is 23.3. The summed E-state index contributed by atoms with van der Waals surface area (Å²) in [6.07, 6.45) is 3.00. The van der Waals surface area contributed by atoms with E-state index >= 15 is 0 Å². The van der Waals surface area contributed by atoms with E-state index in [0.717, 1.165) is 12.0 Å². The van der Waals surface area contributed by atoms with Gasteiger partial charge in [0.2, 0.25) is 0 Å². The number of esters is 1.